The van der Waals surface area contributed by atoms with Crippen LogP contribution in [0.3, 0.4) is 0 Å². The number of anilines is 3. The van der Waals surface area contributed by atoms with Gasteiger partial charge in [0.15, 0.2) is 0 Å². The molecule has 3 rings (SSSR count). The Kier molecular flexibility index (Phi) is 4.87. The number of hydrogen-bond donors (Lipinski definition) is 2. The molecular formula is C18H18N2O2S2. The van der Waals surface area contributed by atoms with Gasteiger partial charge in [-0.05, 0) is 59.8 Å². The lowest BCUT2D eigenvalue weighted by molar-refractivity contribution is 0.603. The van der Waals surface area contributed by atoms with Crippen molar-refractivity contribution >= 4 is 38.4 Å². The molecule has 0 aliphatic carbocycles. The Morgan fingerprint density at radius 2 is 1.46 bits per heavy atom. The Hall–Kier alpha value is -2.31. The van der Waals surface area contributed by atoms with Gasteiger partial charge in [0.2, 0.25) is 0 Å². The number of rotatable bonds is 6. The van der Waals surface area contributed by atoms with Crippen LogP contribution in [0.5, 0.6) is 0 Å². The SMILES string of the molecule is CCc1ccc(Nc2ccc(NS(=O)(=O)c3cccs3)cc2)cc1. The molecule has 6 heteroatoms. The topological polar surface area (TPSA) is 58.2 Å². The minimum absolute atomic E-state index is 0.306. The molecule has 0 bridgehead atoms. The van der Waals surface area contributed by atoms with E-state index < -0.39 is 10.0 Å². The second-order valence-electron chi connectivity index (χ2n) is 5.29. The standard InChI is InChI=1S/C18H18N2O2S2/c1-2-14-5-7-15(8-6-14)19-16-9-11-17(12-10-16)20-24(21,22)18-4-3-13-23-18/h3-13,19-20H,2H2,1H3. The fourth-order valence-electron chi connectivity index (χ4n) is 2.23. The Labute approximate surface area is 146 Å². The van der Waals surface area contributed by atoms with E-state index in [1.54, 1.807) is 29.6 Å². The first kappa shape index (κ1) is 16.5. The highest BCUT2D eigenvalue weighted by Gasteiger charge is 2.14. The summed E-state index contributed by atoms with van der Waals surface area (Å²) in [6.07, 6.45) is 1.01. The maximum absolute atomic E-state index is 12.2. The van der Waals surface area contributed by atoms with Gasteiger partial charge in [-0.3, -0.25) is 4.72 Å². The van der Waals surface area contributed by atoms with E-state index in [1.165, 1.54) is 16.9 Å². The summed E-state index contributed by atoms with van der Waals surface area (Å²) in [6.45, 7) is 2.12. The number of aryl methyl sites for hydroxylation is 1. The van der Waals surface area contributed by atoms with Crippen molar-refractivity contribution in [3.63, 3.8) is 0 Å². The predicted molar refractivity (Wildman–Crippen MR) is 101 cm³/mol. The molecule has 0 unspecified atom stereocenters. The van der Waals surface area contributed by atoms with Gasteiger partial charge < -0.3 is 5.32 Å². The van der Waals surface area contributed by atoms with Crippen LogP contribution < -0.4 is 10.0 Å². The monoisotopic (exact) mass is 358 g/mol. The van der Waals surface area contributed by atoms with E-state index >= 15 is 0 Å². The van der Waals surface area contributed by atoms with Crippen molar-refractivity contribution < 1.29 is 8.42 Å². The molecule has 2 aromatic carbocycles. The Balaban J connectivity index is 1.69. The van der Waals surface area contributed by atoms with Gasteiger partial charge in [-0.25, -0.2) is 8.42 Å². The quantitative estimate of drug-likeness (QED) is 0.662. The van der Waals surface area contributed by atoms with Crippen molar-refractivity contribution in [1.29, 1.82) is 0 Å². The first-order valence-electron chi connectivity index (χ1n) is 7.59. The number of thiophene rings is 1. The van der Waals surface area contributed by atoms with Crippen molar-refractivity contribution in [3.8, 4) is 0 Å². The summed E-state index contributed by atoms with van der Waals surface area (Å²) in [5.41, 5.74) is 3.73. The highest BCUT2D eigenvalue weighted by molar-refractivity contribution is 7.94. The minimum Gasteiger partial charge on any atom is -0.356 e. The largest absolute Gasteiger partial charge is 0.356 e. The number of nitrogens with one attached hydrogen (secondary N) is 2. The minimum atomic E-state index is -3.50. The van der Waals surface area contributed by atoms with Crippen molar-refractivity contribution in [1.82, 2.24) is 0 Å². The zero-order chi connectivity index (χ0) is 17.0. The summed E-state index contributed by atoms with van der Waals surface area (Å²) in [7, 11) is -3.50. The molecule has 0 saturated heterocycles. The van der Waals surface area contributed by atoms with E-state index in [-0.39, 0.29) is 0 Å². The molecule has 0 fully saturated rings. The summed E-state index contributed by atoms with van der Waals surface area (Å²) in [4.78, 5) is 0. The summed E-state index contributed by atoms with van der Waals surface area (Å²) < 4.78 is 27.3. The zero-order valence-electron chi connectivity index (χ0n) is 13.2. The van der Waals surface area contributed by atoms with Crippen LogP contribution in [0.2, 0.25) is 0 Å². The maximum atomic E-state index is 12.2. The molecule has 24 heavy (non-hydrogen) atoms. The van der Waals surface area contributed by atoms with Crippen molar-refractivity contribution in [2.24, 2.45) is 0 Å². The Morgan fingerprint density at radius 1 is 0.875 bits per heavy atom. The smallest absolute Gasteiger partial charge is 0.271 e. The lowest BCUT2D eigenvalue weighted by atomic mass is 10.1. The van der Waals surface area contributed by atoms with Crippen molar-refractivity contribution in [2.45, 2.75) is 17.6 Å². The van der Waals surface area contributed by atoms with Crippen LogP contribution in [0.15, 0.2) is 70.3 Å². The fraction of sp³-hybridized carbons (Fsp3) is 0.111. The van der Waals surface area contributed by atoms with Crippen LogP contribution in [0.25, 0.3) is 0 Å². The average molecular weight is 358 g/mol. The van der Waals surface area contributed by atoms with Crippen LogP contribution in [-0.2, 0) is 16.4 Å². The third kappa shape index (κ3) is 3.96. The molecule has 4 nitrogen and oxygen atoms in total. The normalized spacial score (nSPS) is 11.2. The zero-order valence-corrected chi connectivity index (χ0v) is 14.8. The molecule has 124 valence electrons. The third-order valence-corrected chi connectivity index (χ3v) is 6.33. The first-order valence-corrected chi connectivity index (χ1v) is 9.95. The molecule has 1 aromatic heterocycles. The third-order valence-electron chi connectivity index (χ3n) is 3.55. The summed E-state index contributed by atoms with van der Waals surface area (Å²) in [6, 6.07) is 18.7. The van der Waals surface area contributed by atoms with E-state index in [0.717, 1.165) is 17.8 Å². The van der Waals surface area contributed by atoms with Gasteiger partial charge in [0, 0.05) is 17.1 Å². The molecule has 0 aliphatic rings. The molecule has 1 heterocycles. The van der Waals surface area contributed by atoms with E-state index in [2.05, 4.69) is 29.1 Å². The van der Waals surface area contributed by atoms with Crippen LogP contribution in [0, 0.1) is 0 Å². The summed E-state index contributed by atoms with van der Waals surface area (Å²) in [5, 5.41) is 5.04. The van der Waals surface area contributed by atoms with Crippen LogP contribution >= 0.6 is 11.3 Å². The molecule has 0 aliphatic heterocycles. The van der Waals surface area contributed by atoms with Crippen LogP contribution in [-0.4, -0.2) is 8.42 Å². The van der Waals surface area contributed by atoms with Gasteiger partial charge in [0.25, 0.3) is 10.0 Å². The maximum Gasteiger partial charge on any atom is 0.271 e. The molecule has 0 atom stereocenters. The lowest BCUT2D eigenvalue weighted by Crippen LogP contribution is -2.11. The summed E-state index contributed by atoms with van der Waals surface area (Å²) in [5.74, 6) is 0. The van der Waals surface area contributed by atoms with Crippen molar-refractivity contribution in [2.75, 3.05) is 10.0 Å². The van der Waals surface area contributed by atoms with E-state index in [4.69, 9.17) is 0 Å². The van der Waals surface area contributed by atoms with Gasteiger partial charge in [-0.15, -0.1) is 11.3 Å². The van der Waals surface area contributed by atoms with Gasteiger partial charge in [0.05, 0.1) is 0 Å². The fourth-order valence-corrected chi connectivity index (χ4v) is 4.29. The number of sulfonamides is 1. The molecule has 2 N–H and O–H groups in total. The molecule has 0 saturated carbocycles. The second-order valence-corrected chi connectivity index (χ2v) is 8.15. The first-order chi connectivity index (χ1) is 11.6. The molecule has 3 aromatic rings. The van der Waals surface area contributed by atoms with Gasteiger partial charge in [0.1, 0.15) is 4.21 Å². The second kappa shape index (κ2) is 7.07. The average Bonchev–Trinajstić information content (AvgIpc) is 3.13. The van der Waals surface area contributed by atoms with E-state index in [0.29, 0.717) is 9.90 Å². The molecule has 0 amide bonds. The molecule has 0 spiro atoms. The van der Waals surface area contributed by atoms with Crippen molar-refractivity contribution in [3.05, 3.63) is 71.6 Å². The van der Waals surface area contributed by atoms with Gasteiger partial charge >= 0.3 is 0 Å². The van der Waals surface area contributed by atoms with E-state index in [9.17, 15) is 8.42 Å². The summed E-state index contributed by atoms with van der Waals surface area (Å²) >= 11 is 1.19. The number of hydrogen-bond acceptors (Lipinski definition) is 4. The lowest BCUT2D eigenvalue weighted by Gasteiger charge is -2.09. The van der Waals surface area contributed by atoms with Gasteiger partial charge in [-0.2, -0.15) is 0 Å². The highest BCUT2D eigenvalue weighted by atomic mass is 32.2. The Bertz CT molecular complexity index is 885. The van der Waals surface area contributed by atoms with Crippen LogP contribution in [0.4, 0.5) is 17.1 Å². The molecular weight excluding hydrogens is 340 g/mol. The van der Waals surface area contributed by atoms with Gasteiger partial charge in [-0.1, -0.05) is 25.1 Å². The molecule has 0 radical (unpaired) electrons. The highest BCUT2D eigenvalue weighted by Crippen LogP contribution is 2.23. The predicted octanol–water partition coefficient (Wildman–Crippen LogP) is 4.85. The van der Waals surface area contributed by atoms with E-state index in [1.807, 2.05) is 24.3 Å². The number of benzene rings is 2. The van der Waals surface area contributed by atoms with Crippen LogP contribution in [0.1, 0.15) is 12.5 Å². The Morgan fingerprint density at radius 3 is 2.00 bits per heavy atom.